The van der Waals surface area contributed by atoms with Crippen LogP contribution in [0.3, 0.4) is 0 Å². The molecular formula is C20H20BrN5O3S. The number of halogens is 1. The Labute approximate surface area is 183 Å². The van der Waals surface area contributed by atoms with Gasteiger partial charge in [-0.25, -0.2) is 13.9 Å². The lowest BCUT2D eigenvalue weighted by atomic mass is 10.1. The highest BCUT2D eigenvalue weighted by atomic mass is 79.9. The van der Waals surface area contributed by atoms with Crippen molar-refractivity contribution in [3.8, 4) is 0 Å². The van der Waals surface area contributed by atoms with Gasteiger partial charge in [-0.1, -0.05) is 29.8 Å². The molecule has 0 spiro atoms. The number of hydrogen-bond donors (Lipinski definition) is 1. The molecule has 0 aliphatic carbocycles. The number of thiophene rings is 1. The highest BCUT2D eigenvalue weighted by molar-refractivity contribution is 9.10. The van der Waals surface area contributed by atoms with Gasteiger partial charge in [0, 0.05) is 16.7 Å². The van der Waals surface area contributed by atoms with Crippen LogP contribution >= 0.6 is 27.3 Å². The normalized spacial score (nSPS) is 11.6. The summed E-state index contributed by atoms with van der Waals surface area (Å²) in [6.45, 7) is 4.35. The largest absolute Gasteiger partial charge is 0.352 e. The average Bonchev–Trinajstić information content (AvgIpc) is 3.29. The van der Waals surface area contributed by atoms with Crippen LogP contribution in [0.2, 0.25) is 0 Å². The topological polar surface area (TPSA) is 90.4 Å². The molecule has 1 aromatic carbocycles. The predicted octanol–water partition coefficient (Wildman–Crippen LogP) is 3.32. The zero-order valence-electron chi connectivity index (χ0n) is 16.5. The maximum absolute atomic E-state index is 13.0. The standard InChI is InChI=1S/C20H20BrN5O3S/c1-12(2)7-9-24-18(28)17-15(8-10-30-17)26-19(24)23-25(20(26)29)11-16(27)22-14-5-3-13(21)4-6-14/h3-6,8,10,12H,7,9,11H2,1-2H3,(H,22,27). The van der Waals surface area contributed by atoms with Crippen molar-refractivity contribution in [2.24, 2.45) is 5.92 Å². The number of carbonyl (C=O) groups excluding carboxylic acids is 1. The van der Waals surface area contributed by atoms with Gasteiger partial charge in [0.2, 0.25) is 11.7 Å². The summed E-state index contributed by atoms with van der Waals surface area (Å²) in [5.41, 5.74) is 0.529. The number of hydrogen-bond acceptors (Lipinski definition) is 5. The minimum atomic E-state index is -0.447. The van der Waals surface area contributed by atoms with E-state index in [1.165, 1.54) is 20.3 Å². The van der Waals surface area contributed by atoms with Gasteiger partial charge in [0.1, 0.15) is 11.2 Å². The van der Waals surface area contributed by atoms with E-state index in [9.17, 15) is 14.4 Å². The maximum Gasteiger partial charge on any atom is 0.352 e. The van der Waals surface area contributed by atoms with Crippen molar-refractivity contribution in [3.05, 3.63) is 61.0 Å². The molecule has 156 valence electrons. The number of aromatic nitrogens is 4. The Balaban J connectivity index is 1.74. The van der Waals surface area contributed by atoms with E-state index in [0.29, 0.717) is 28.4 Å². The second-order valence-electron chi connectivity index (χ2n) is 7.40. The van der Waals surface area contributed by atoms with Gasteiger partial charge < -0.3 is 5.32 Å². The fourth-order valence-electron chi connectivity index (χ4n) is 3.20. The van der Waals surface area contributed by atoms with Crippen molar-refractivity contribution in [2.45, 2.75) is 33.4 Å². The minimum absolute atomic E-state index is 0.162. The van der Waals surface area contributed by atoms with E-state index < -0.39 is 5.69 Å². The molecule has 3 aromatic heterocycles. The Morgan fingerprint density at radius 3 is 2.63 bits per heavy atom. The van der Waals surface area contributed by atoms with Crippen LogP contribution in [0.1, 0.15) is 20.3 Å². The maximum atomic E-state index is 13.0. The van der Waals surface area contributed by atoms with E-state index >= 15 is 0 Å². The monoisotopic (exact) mass is 489 g/mol. The van der Waals surface area contributed by atoms with Crippen LogP contribution in [0.15, 0.2) is 49.8 Å². The summed E-state index contributed by atoms with van der Waals surface area (Å²) in [5.74, 6) is 0.273. The van der Waals surface area contributed by atoms with Crippen LogP contribution in [0.5, 0.6) is 0 Å². The zero-order valence-corrected chi connectivity index (χ0v) is 18.9. The number of benzene rings is 1. The second-order valence-corrected chi connectivity index (χ2v) is 9.24. The van der Waals surface area contributed by atoms with Crippen LogP contribution in [-0.2, 0) is 17.9 Å². The number of anilines is 1. The van der Waals surface area contributed by atoms with Crippen molar-refractivity contribution in [1.29, 1.82) is 0 Å². The van der Waals surface area contributed by atoms with Gasteiger partial charge in [0.15, 0.2) is 0 Å². The molecule has 4 aromatic rings. The summed E-state index contributed by atoms with van der Waals surface area (Å²) < 4.78 is 5.46. The molecule has 1 N–H and O–H groups in total. The molecule has 0 atom stereocenters. The van der Waals surface area contributed by atoms with Gasteiger partial charge in [0.25, 0.3) is 5.56 Å². The van der Waals surface area contributed by atoms with Crippen LogP contribution < -0.4 is 16.6 Å². The Kier molecular flexibility index (Phi) is 5.61. The van der Waals surface area contributed by atoms with E-state index in [1.807, 2.05) is 12.1 Å². The Hall–Kier alpha value is -2.72. The number of rotatable bonds is 6. The molecule has 10 heteroatoms. The summed E-state index contributed by atoms with van der Waals surface area (Å²) in [7, 11) is 0. The van der Waals surface area contributed by atoms with Crippen molar-refractivity contribution in [1.82, 2.24) is 18.7 Å². The smallest absolute Gasteiger partial charge is 0.324 e. The molecular weight excluding hydrogens is 470 g/mol. The lowest BCUT2D eigenvalue weighted by Gasteiger charge is -2.09. The third-order valence-electron chi connectivity index (χ3n) is 4.74. The Morgan fingerprint density at radius 2 is 1.93 bits per heavy atom. The van der Waals surface area contributed by atoms with Gasteiger partial charge in [-0.05, 0) is 48.1 Å². The third kappa shape index (κ3) is 3.84. The zero-order chi connectivity index (χ0) is 21.4. The quantitative estimate of drug-likeness (QED) is 0.449. The molecule has 4 rings (SSSR count). The lowest BCUT2D eigenvalue weighted by Crippen LogP contribution is -2.29. The molecule has 0 saturated carbocycles. The molecule has 8 nitrogen and oxygen atoms in total. The molecule has 0 saturated heterocycles. The summed E-state index contributed by atoms with van der Waals surface area (Å²) in [6, 6.07) is 8.87. The SMILES string of the molecule is CC(C)CCn1c(=O)c2sccc2n2c(=O)n(CC(=O)Nc3ccc(Br)cc3)nc12. The van der Waals surface area contributed by atoms with Gasteiger partial charge in [0.05, 0.1) is 5.52 Å². The van der Waals surface area contributed by atoms with Gasteiger partial charge in [-0.2, -0.15) is 0 Å². The van der Waals surface area contributed by atoms with Crippen LogP contribution in [0, 0.1) is 5.92 Å². The van der Waals surface area contributed by atoms with E-state index in [2.05, 4.69) is 40.2 Å². The van der Waals surface area contributed by atoms with E-state index in [1.54, 1.807) is 23.6 Å². The average molecular weight is 490 g/mol. The summed E-state index contributed by atoms with van der Waals surface area (Å²) >= 11 is 4.65. The third-order valence-corrected chi connectivity index (χ3v) is 6.16. The summed E-state index contributed by atoms with van der Waals surface area (Å²) in [6.07, 6.45) is 0.775. The Morgan fingerprint density at radius 1 is 1.20 bits per heavy atom. The number of carbonyl (C=O) groups is 1. The fourth-order valence-corrected chi connectivity index (χ4v) is 4.28. The predicted molar refractivity (Wildman–Crippen MR) is 121 cm³/mol. The number of nitrogens with zero attached hydrogens (tertiary/aromatic N) is 4. The first-order valence-electron chi connectivity index (χ1n) is 9.50. The summed E-state index contributed by atoms with van der Waals surface area (Å²) in [5, 5.41) is 8.88. The minimum Gasteiger partial charge on any atom is -0.324 e. The lowest BCUT2D eigenvalue weighted by molar-refractivity contribution is -0.117. The molecule has 1 amide bonds. The van der Waals surface area contributed by atoms with Crippen LogP contribution in [0.4, 0.5) is 5.69 Å². The molecule has 0 aliphatic rings. The fraction of sp³-hybridized carbons (Fsp3) is 0.300. The van der Waals surface area contributed by atoms with Gasteiger partial charge in [-0.3, -0.25) is 14.2 Å². The summed E-state index contributed by atoms with van der Waals surface area (Å²) in [4.78, 5) is 38.5. The highest BCUT2D eigenvalue weighted by Crippen LogP contribution is 2.18. The molecule has 0 aliphatic heterocycles. The van der Waals surface area contributed by atoms with Crippen molar-refractivity contribution < 1.29 is 4.79 Å². The van der Waals surface area contributed by atoms with Crippen molar-refractivity contribution in [3.63, 3.8) is 0 Å². The van der Waals surface area contributed by atoms with Crippen molar-refractivity contribution >= 4 is 54.9 Å². The molecule has 0 unspecified atom stereocenters. The first-order valence-corrected chi connectivity index (χ1v) is 11.2. The molecule has 30 heavy (non-hydrogen) atoms. The van der Waals surface area contributed by atoms with Gasteiger partial charge >= 0.3 is 5.69 Å². The number of aryl methyl sites for hydroxylation is 1. The molecule has 3 heterocycles. The van der Waals surface area contributed by atoms with E-state index in [0.717, 1.165) is 15.6 Å². The van der Waals surface area contributed by atoms with E-state index in [-0.39, 0.29) is 23.8 Å². The van der Waals surface area contributed by atoms with Gasteiger partial charge in [-0.15, -0.1) is 16.4 Å². The van der Waals surface area contributed by atoms with Crippen LogP contribution in [0.25, 0.3) is 16.0 Å². The molecule has 0 radical (unpaired) electrons. The first kappa shape index (κ1) is 20.5. The second kappa shape index (κ2) is 8.19. The Bertz CT molecular complexity index is 1350. The molecule has 0 bridgehead atoms. The highest BCUT2D eigenvalue weighted by Gasteiger charge is 2.19. The number of nitrogens with one attached hydrogen (secondary N) is 1. The number of amides is 1. The first-order chi connectivity index (χ1) is 14.3. The number of fused-ring (bicyclic) bond motifs is 3. The molecule has 0 fully saturated rings. The van der Waals surface area contributed by atoms with Crippen LogP contribution in [-0.4, -0.2) is 24.7 Å². The van der Waals surface area contributed by atoms with Crippen molar-refractivity contribution in [2.75, 3.05) is 5.32 Å². The van der Waals surface area contributed by atoms with E-state index in [4.69, 9.17) is 0 Å².